The highest BCUT2D eigenvalue weighted by atomic mass is 16.4. The Hall–Kier alpha value is -1.71. The first kappa shape index (κ1) is 13.3. The molecule has 1 aromatic carbocycles. The van der Waals surface area contributed by atoms with E-state index in [0.717, 1.165) is 24.5 Å². The molecule has 4 heteroatoms. The highest BCUT2D eigenvalue weighted by Crippen LogP contribution is 2.41. The lowest BCUT2D eigenvalue weighted by molar-refractivity contribution is 0.0697. The van der Waals surface area contributed by atoms with Crippen molar-refractivity contribution in [2.45, 2.75) is 32.1 Å². The second kappa shape index (κ2) is 5.00. The standard InChI is InChI=1S/C16H22N2O2/c1-18-11-16(7-3-2-4-8-16)10-17-13-6-5-12(15(19)20)9-14(13)18/h5-6,9,17H,2-4,7-8,10-11H2,1H3,(H,19,20). The second-order valence-electron chi connectivity index (χ2n) is 6.31. The fourth-order valence-electron chi connectivity index (χ4n) is 3.69. The predicted octanol–water partition coefficient (Wildman–Crippen LogP) is 3.20. The molecule has 1 aliphatic heterocycles. The van der Waals surface area contributed by atoms with Gasteiger partial charge in [-0.15, -0.1) is 0 Å². The normalized spacial score (nSPS) is 20.9. The SMILES string of the molecule is CN1CC2(CCCCC2)CNc2ccc(C(=O)O)cc21. The predicted molar refractivity (Wildman–Crippen MR) is 80.7 cm³/mol. The summed E-state index contributed by atoms with van der Waals surface area (Å²) >= 11 is 0. The quantitative estimate of drug-likeness (QED) is 0.825. The molecule has 1 fully saturated rings. The molecule has 4 nitrogen and oxygen atoms in total. The van der Waals surface area contributed by atoms with Gasteiger partial charge in [-0.25, -0.2) is 4.79 Å². The molecule has 0 aromatic heterocycles. The number of rotatable bonds is 1. The number of carbonyl (C=O) groups is 1. The summed E-state index contributed by atoms with van der Waals surface area (Å²) in [6.07, 6.45) is 6.51. The fraction of sp³-hybridized carbons (Fsp3) is 0.562. The van der Waals surface area contributed by atoms with Crippen LogP contribution in [-0.2, 0) is 0 Å². The molecular weight excluding hydrogens is 252 g/mol. The third kappa shape index (κ3) is 2.35. The zero-order valence-corrected chi connectivity index (χ0v) is 12.0. The smallest absolute Gasteiger partial charge is 0.335 e. The maximum absolute atomic E-state index is 11.1. The topological polar surface area (TPSA) is 52.6 Å². The van der Waals surface area contributed by atoms with Gasteiger partial charge in [0.1, 0.15) is 0 Å². The number of carboxylic acids is 1. The molecule has 20 heavy (non-hydrogen) atoms. The van der Waals surface area contributed by atoms with Crippen molar-refractivity contribution >= 4 is 17.3 Å². The van der Waals surface area contributed by atoms with Crippen molar-refractivity contribution < 1.29 is 9.90 Å². The Kier molecular flexibility index (Phi) is 3.32. The summed E-state index contributed by atoms with van der Waals surface area (Å²) in [5, 5.41) is 12.7. The van der Waals surface area contributed by atoms with Gasteiger partial charge in [0.2, 0.25) is 0 Å². The summed E-state index contributed by atoms with van der Waals surface area (Å²) < 4.78 is 0. The van der Waals surface area contributed by atoms with E-state index in [2.05, 4.69) is 17.3 Å². The molecule has 1 aromatic rings. The Labute approximate surface area is 119 Å². The Morgan fingerprint density at radius 2 is 2.05 bits per heavy atom. The van der Waals surface area contributed by atoms with Crippen LogP contribution in [0.5, 0.6) is 0 Å². The van der Waals surface area contributed by atoms with E-state index in [1.165, 1.54) is 32.1 Å². The Morgan fingerprint density at radius 1 is 1.30 bits per heavy atom. The van der Waals surface area contributed by atoms with Crippen molar-refractivity contribution in [3.63, 3.8) is 0 Å². The number of nitrogens with one attached hydrogen (secondary N) is 1. The summed E-state index contributed by atoms with van der Waals surface area (Å²) in [7, 11) is 2.08. The lowest BCUT2D eigenvalue weighted by Gasteiger charge is -2.38. The molecular formula is C16H22N2O2. The number of hydrogen-bond acceptors (Lipinski definition) is 3. The largest absolute Gasteiger partial charge is 0.478 e. The van der Waals surface area contributed by atoms with Gasteiger partial charge in [-0.3, -0.25) is 0 Å². The Bertz CT molecular complexity index is 521. The molecule has 2 aliphatic rings. The highest BCUT2D eigenvalue weighted by Gasteiger charge is 2.35. The number of nitrogens with zero attached hydrogens (tertiary/aromatic N) is 1. The Morgan fingerprint density at radius 3 is 2.75 bits per heavy atom. The van der Waals surface area contributed by atoms with Gasteiger partial charge in [0.05, 0.1) is 16.9 Å². The van der Waals surface area contributed by atoms with E-state index in [4.69, 9.17) is 5.11 Å². The molecule has 0 bridgehead atoms. The molecule has 3 rings (SSSR count). The lowest BCUT2D eigenvalue weighted by atomic mass is 9.74. The number of fused-ring (bicyclic) bond motifs is 1. The summed E-state index contributed by atoms with van der Waals surface area (Å²) in [6, 6.07) is 5.37. The molecule has 0 atom stereocenters. The summed E-state index contributed by atoms with van der Waals surface area (Å²) in [5.41, 5.74) is 2.76. The second-order valence-corrected chi connectivity index (χ2v) is 6.31. The number of aromatic carboxylic acids is 1. The number of anilines is 2. The third-order valence-corrected chi connectivity index (χ3v) is 4.80. The summed E-state index contributed by atoms with van der Waals surface area (Å²) in [4.78, 5) is 13.4. The molecule has 108 valence electrons. The van der Waals surface area contributed by atoms with Gasteiger partial charge in [0.25, 0.3) is 0 Å². The molecule has 0 radical (unpaired) electrons. The van der Waals surface area contributed by atoms with E-state index in [-0.39, 0.29) is 0 Å². The van der Waals surface area contributed by atoms with Crippen LogP contribution in [0.15, 0.2) is 18.2 Å². The first-order chi connectivity index (χ1) is 9.60. The van der Waals surface area contributed by atoms with E-state index in [9.17, 15) is 4.79 Å². The summed E-state index contributed by atoms with van der Waals surface area (Å²) in [5.74, 6) is -0.863. The molecule has 2 N–H and O–H groups in total. The van der Waals surface area contributed by atoms with Crippen LogP contribution in [0.3, 0.4) is 0 Å². The van der Waals surface area contributed by atoms with Crippen molar-refractivity contribution in [2.24, 2.45) is 5.41 Å². The first-order valence-electron chi connectivity index (χ1n) is 7.42. The molecule has 1 saturated carbocycles. The van der Waals surface area contributed by atoms with Crippen LogP contribution in [0.2, 0.25) is 0 Å². The van der Waals surface area contributed by atoms with Crippen LogP contribution in [0.1, 0.15) is 42.5 Å². The van der Waals surface area contributed by atoms with Gasteiger partial charge >= 0.3 is 5.97 Å². The maximum atomic E-state index is 11.1. The zero-order chi connectivity index (χ0) is 14.2. The number of carboxylic acid groups (broad SMARTS) is 1. The molecule has 0 unspecified atom stereocenters. The van der Waals surface area contributed by atoms with Crippen LogP contribution < -0.4 is 10.2 Å². The van der Waals surface area contributed by atoms with Crippen molar-refractivity contribution in [1.82, 2.24) is 0 Å². The van der Waals surface area contributed by atoms with Crippen molar-refractivity contribution in [3.8, 4) is 0 Å². The van der Waals surface area contributed by atoms with Crippen LogP contribution in [0, 0.1) is 5.41 Å². The van der Waals surface area contributed by atoms with E-state index in [1.54, 1.807) is 12.1 Å². The van der Waals surface area contributed by atoms with E-state index < -0.39 is 5.97 Å². The van der Waals surface area contributed by atoms with Crippen LogP contribution >= 0.6 is 0 Å². The van der Waals surface area contributed by atoms with E-state index in [0.29, 0.717) is 11.0 Å². The molecule has 1 spiro atoms. The molecule has 0 amide bonds. The minimum absolute atomic E-state index is 0.343. The lowest BCUT2D eigenvalue weighted by Crippen LogP contribution is -2.40. The average Bonchev–Trinajstić information content (AvgIpc) is 2.57. The van der Waals surface area contributed by atoms with Crippen molar-refractivity contribution in [3.05, 3.63) is 23.8 Å². The van der Waals surface area contributed by atoms with Crippen LogP contribution in [0.4, 0.5) is 11.4 Å². The van der Waals surface area contributed by atoms with Crippen LogP contribution in [-0.4, -0.2) is 31.2 Å². The third-order valence-electron chi connectivity index (χ3n) is 4.80. The maximum Gasteiger partial charge on any atom is 0.335 e. The number of hydrogen-bond donors (Lipinski definition) is 2. The van der Waals surface area contributed by atoms with Gasteiger partial charge in [0.15, 0.2) is 0 Å². The minimum atomic E-state index is -0.863. The monoisotopic (exact) mass is 274 g/mol. The highest BCUT2D eigenvalue weighted by molar-refractivity contribution is 5.91. The Balaban J connectivity index is 1.91. The number of benzene rings is 1. The molecule has 0 saturated heterocycles. The fourth-order valence-corrected chi connectivity index (χ4v) is 3.69. The van der Waals surface area contributed by atoms with Crippen molar-refractivity contribution in [1.29, 1.82) is 0 Å². The van der Waals surface area contributed by atoms with E-state index in [1.807, 2.05) is 6.07 Å². The van der Waals surface area contributed by atoms with Gasteiger partial charge in [0, 0.05) is 25.6 Å². The van der Waals surface area contributed by atoms with Gasteiger partial charge in [-0.2, -0.15) is 0 Å². The van der Waals surface area contributed by atoms with Crippen molar-refractivity contribution in [2.75, 3.05) is 30.4 Å². The first-order valence-corrected chi connectivity index (χ1v) is 7.42. The van der Waals surface area contributed by atoms with E-state index >= 15 is 0 Å². The molecule has 1 heterocycles. The minimum Gasteiger partial charge on any atom is -0.478 e. The van der Waals surface area contributed by atoms with Gasteiger partial charge in [-0.05, 0) is 31.0 Å². The molecule has 1 aliphatic carbocycles. The average molecular weight is 274 g/mol. The summed E-state index contributed by atoms with van der Waals surface area (Å²) in [6.45, 7) is 2.01. The van der Waals surface area contributed by atoms with Crippen LogP contribution in [0.25, 0.3) is 0 Å². The van der Waals surface area contributed by atoms with Gasteiger partial charge in [-0.1, -0.05) is 19.3 Å². The van der Waals surface area contributed by atoms with Gasteiger partial charge < -0.3 is 15.3 Å². The zero-order valence-electron chi connectivity index (χ0n) is 12.0.